The molecule has 1 amide bonds. The average Bonchev–Trinajstić information content (AvgIpc) is 3.03. The number of aromatic nitrogens is 2. The Morgan fingerprint density at radius 2 is 1.85 bits per heavy atom. The van der Waals surface area contributed by atoms with Crippen molar-refractivity contribution in [1.82, 2.24) is 10.2 Å². The van der Waals surface area contributed by atoms with Crippen LogP contribution in [0.3, 0.4) is 0 Å². The summed E-state index contributed by atoms with van der Waals surface area (Å²) < 4.78 is 0.818. The smallest absolute Gasteiger partial charge is 0.234 e. The van der Waals surface area contributed by atoms with Crippen LogP contribution in [0.5, 0.6) is 0 Å². The van der Waals surface area contributed by atoms with Crippen molar-refractivity contribution in [3.63, 3.8) is 0 Å². The van der Waals surface area contributed by atoms with Crippen molar-refractivity contribution in [2.45, 2.75) is 34.9 Å². The van der Waals surface area contributed by atoms with Crippen molar-refractivity contribution in [1.29, 1.82) is 0 Å². The molecule has 0 atom stereocenters. The molecule has 0 saturated heterocycles. The maximum absolute atomic E-state index is 12.1. The van der Waals surface area contributed by atoms with Gasteiger partial charge >= 0.3 is 0 Å². The van der Waals surface area contributed by atoms with E-state index in [1.165, 1.54) is 39.1 Å². The van der Waals surface area contributed by atoms with Crippen LogP contribution in [0, 0.1) is 20.8 Å². The number of nitrogens with zero attached hydrogens (tertiary/aromatic N) is 2. The highest BCUT2D eigenvalue weighted by atomic mass is 32.2. The van der Waals surface area contributed by atoms with Gasteiger partial charge in [0.15, 0.2) is 4.34 Å². The highest BCUT2D eigenvalue weighted by Crippen LogP contribution is 2.31. The van der Waals surface area contributed by atoms with Crippen LogP contribution in [0.15, 0.2) is 56.6 Å². The molecule has 2 aromatic carbocycles. The molecule has 0 aliphatic rings. The lowest BCUT2D eigenvalue weighted by atomic mass is 10.2. The minimum absolute atomic E-state index is 0.0437. The van der Waals surface area contributed by atoms with Crippen LogP contribution >= 0.6 is 34.9 Å². The Kier molecular flexibility index (Phi) is 6.34. The van der Waals surface area contributed by atoms with Crippen molar-refractivity contribution in [3.05, 3.63) is 58.6 Å². The largest absolute Gasteiger partial charge is 0.325 e. The van der Waals surface area contributed by atoms with E-state index >= 15 is 0 Å². The third-order valence-electron chi connectivity index (χ3n) is 3.54. The van der Waals surface area contributed by atoms with Crippen molar-refractivity contribution in [2.24, 2.45) is 0 Å². The molecule has 3 aromatic rings. The Bertz CT molecular complexity index is 907. The van der Waals surface area contributed by atoms with Gasteiger partial charge in [-0.25, -0.2) is 0 Å². The van der Waals surface area contributed by atoms with Crippen molar-refractivity contribution in [2.75, 3.05) is 11.1 Å². The number of carbonyl (C=O) groups is 1. The monoisotopic (exact) mass is 401 g/mol. The normalized spacial score (nSPS) is 10.7. The molecule has 0 bridgehead atoms. The first kappa shape index (κ1) is 18.9. The molecule has 0 aliphatic carbocycles. The van der Waals surface area contributed by atoms with E-state index < -0.39 is 0 Å². The van der Waals surface area contributed by atoms with E-state index in [0.717, 1.165) is 19.9 Å². The number of hydrogen-bond donors (Lipinski definition) is 1. The molecule has 26 heavy (non-hydrogen) atoms. The molecule has 0 radical (unpaired) electrons. The number of amides is 1. The maximum Gasteiger partial charge on any atom is 0.234 e. The van der Waals surface area contributed by atoms with Crippen molar-refractivity contribution < 1.29 is 4.79 Å². The van der Waals surface area contributed by atoms with Gasteiger partial charge < -0.3 is 5.32 Å². The number of hydrogen-bond acceptors (Lipinski definition) is 6. The molecular weight excluding hydrogens is 382 g/mol. The Labute approximate surface area is 165 Å². The zero-order valence-electron chi connectivity index (χ0n) is 14.8. The predicted molar refractivity (Wildman–Crippen MR) is 110 cm³/mol. The molecule has 3 rings (SSSR count). The highest BCUT2D eigenvalue weighted by molar-refractivity contribution is 8.01. The number of nitrogens with one attached hydrogen (secondary N) is 1. The molecule has 4 nitrogen and oxygen atoms in total. The quantitative estimate of drug-likeness (QED) is 0.565. The Morgan fingerprint density at radius 1 is 1.08 bits per heavy atom. The maximum atomic E-state index is 12.1. The first-order chi connectivity index (χ1) is 12.5. The van der Waals surface area contributed by atoms with Gasteiger partial charge in [0.1, 0.15) is 5.01 Å². The highest BCUT2D eigenvalue weighted by Gasteiger charge is 2.08. The fourth-order valence-corrected chi connectivity index (χ4v) is 4.83. The zero-order chi connectivity index (χ0) is 18.5. The summed E-state index contributed by atoms with van der Waals surface area (Å²) in [4.78, 5) is 14.5. The minimum Gasteiger partial charge on any atom is -0.325 e. The van der Waals surface area contributed by atoms with Gasteiger partial charge in [0.25, 0.3) is 0 Å². The molecule has 0 aliphatic heterocycles. The van der Waals surface area contributed by atoms with E-state index in [-0.39, 0.29) is 5.91 Å². The summed E-state index contributed by atoms with van der Waals surface area (Å²) in [5, 5.41) is 11.8. The lowest BCUT2D eigenvalue weighted by molar-refractivity contribution is -0.113. The fraction of sp³-hybridized carbons (Fsp3) is 0.211. The number of rotatable bonds is 6. The molecule has 1 aromatic heterocycles. The Hall–Kier alpha value is -1.83. The summed E-state index contributed by atoms with van der Waals surface area (Å²) in [5.74, 6) is 0.283. The van der Waals surface area contributed by atoms with Crippen LogP contribution in [0.4, 0.5) is 5.69 Å². The number of anilines is 1. The van der Waals surface area contributed by atoms with Crippen LogP contribution in [-0.4, -0.2) is 21.9 Å². The van der Waals surface area contributed by atoms with Gasteiger partial charge in [0.2, 0.25) is 5.91 Å². The van der Waals surface area contributed by atoms with E-state index in [2.05, 4.69) is 47.6 Å². The third-order valence-corrected chi connectivity index (χ3v) is 6.68. The summed E-state index contributed by atoms with van der Waals surface area (Å²) in [6, 6.07) is 14.4. The van der Waals surface area contributed by atoms with Gasteiger partial charge in [-0.2, -0.15) is 0 Å². The van der Waals surface area contributed by atoms with Crippen molar-refractivity contribution >= 4 is 46.5 Å². The first-order valence-electron chi connectivity index (χ1n) is 8.07. The average molecular weight is 402 g/mol. The Morgan fingerprint density at radius 3 is 2.54 bits per heavy atom. The molecular formula is C19H19N3OS3. The second kappa shape index (κ2) is 8.70. The second-order valence-corrected chi connectivity index (χ2v) is 9.34. The Balaban J connectivity index is 1.55. The van der Waals surface area contributed by atoms with Gasteiger partial charge in [-0.15, -0.1) is 10.2 Å². The lowest BCUT2D eigenvalue weighted by Gasteiger charge is -2.08. The number of carbonyl (C=O) groups excluding carboxylic acids is 1. The first-order valence-corrected chi connectivity index (χ1v) is 10.7. The van der Waals surface area contributed by atoms with Gasteiger partial charge in [0, 0.05) is 15.5 Å². The topological polar surface area (TPSA) is 54.9 Å². The van der Waals surface area contributed by atoms with Crippen LogP contribution < -0.4 is 5.32 Å². The van der Waals surface area contributed by atoms with Crippen molar-refractivity contribution in [3.8, 4) is 0 Å². The lowest BCUT2D eigenvalue weighted by Crippen LogP contribution is -2.13. The van der Waals surface area contributed by atoms with Crippen LogP contribution in [0.1, 0.15) is 16.1 Å². The summed E-state index contributed by atoms with van der Waals surface area (Å²) in [6.07, 6.45) is 0. The molecule has 1 heterocycles. The molecule has 0 fully saturated rings. The minimum atomic E-state index is -0.0437. The standard InChI is InChI=1S/C19H19N3OS3/c1-12-4-5-13(2)17(10-12)26-16-8-6-15(7-9-16)20-18(23)11-24-19-22-21-14(3)25-19/h4-10H,11H2,1-3H3,(H,20,23). The summed E-state index contributed by atoms with van der Waals surface area (Å²) in [5.41, 5.74) is 3.32. The SMILES string of the molecule is Cc1ccc(C)c(Sc2ccc(NC(=O)CSc3nnc(C)s3)cc2)c1. The van der Waals surface area contributed by atoms with Gasteiger partial charge in [0.05, 0.1) is 5.75 Å². The van der Waals surface area contributed by atoms with Crippen LogP contribution in [0.25, 0.3) is 0 Å². The summed E-state index contributed by atoms with van der Waals surface area (Å²) >= 11 is 4.64. The van der Waals surface area contributed by atoms with E-state index in [4.69, 9.17) is 0 Å². The molecule has 134 valence electrons. The van der Waals surface area contributed by atoms with Gasteiger partial charge in [-0.05, 0) is 62.2 Å². The van der Waals surface area contributed by atoms with E-state index in [1.54, 1.807) is 11.8 Å². The summed E-state index contributed by atoms with van der Waals surface area (Å²) in [6.45, 7) is 6.12. The third kappa shape index (κ3) is 5.33. The number of aryl methyl sites for hydroxylation is 3. The number of thioether (sulfide) groups is 1. The molecule has 7 heteroatoms. The van der Waals surface area contributed by atoms with E-state index in [1.807, 2.05) is 31.2 Å². The predicted octanol–water partition coefficient (Wildman–Crippen LogP) is 5.35. The second-order valence-electron chi connectivity index (χ2n) is 5.82. The fourth-order valence-electron chi connectivity index (χ4n) is 2.21. The molecule has 0 saturated carbocycles. The van der Waals surface area contributed by atoms with E-state index in [0.29, 0.717) is 5.75 Å². The molecule has 1 N–H and O–H groups in total. The van der Waals surface area contributed by atoms with Crippen LogP contribution in [0.2, 0.25) is 0 Å². The van der Waals surface area contributed by atoms with Gasteiger partial charge in [-0.1, -0.05) is 47.0 Å². The summed E-state index contributed by atoms with van der Waals surface area (Å²) in [7, 11) is 0. The van der Waals surface area contributed by atoms with E-state index in [9.17, 15) is 4.79 Å². The molecule has 0 spiro atoms. The molecule has 0 unspecified atom stereocenters. The van der Waals surface area contributed by atoms with Gasteiger partial charge in [-0.3, -0.25) is 4.79 Å². The zero-order valence-corrected chi connectivity index (χ0v) is 17.2. The van der Waals surface area contributed by atoms with Crippen LogP contribution in [-0.2, 0) is 4.79 Å². The number of benzene rings is 2.